The Kier molecular flexibility index (Phi) is 49.1. The molecular weight excluding hydrogens is 751 g/mol. The fourth-order valence-electron chi connectivity index (χ4n) is 7.93. The molecular formula is C56H103NO4. The molecule has 0 bridgehead atoms. The molecule has 0 rings (SSSR count). The van der Waals surface area contributed by atoms with Crippen LogP contribution in [0.5, 0.6) is 0 Å². The number of aliphatic hydroxyl groups excluding tert-OH is 3. The molecule has 0 fully saturated rings. The van der Waals surface area contributed by atoms with E-state index >= 15 is 0 Å². The predicted octanol–water partition coefficient (Wildman–Crippen LogP) is 16.2. The zero-order chi connectivity index (χ0) is 44.4. The number of hydrogen-bond donors (Lipinski definition) is 4. The monoisotopic (exact) mass is 854 g/mol. The maximum absolute atomic E-state index is 12.5. The SMILES string of the molecule is CCCCCCCCCCC/C=C\C/C=C\CCCCCCCCCCCC(O)CC(=O)NC(CO)C(O)/C=C/CC/C=C/CC/C=C/CCCCCCCCCCCCC. The Morgan fingerprint density at radius 3 is 1.15 bits per heavy atom. The molecule has 0 saturated heterocycles. The molecule has 5 nitrogen and oxygen atoms in total. The van der Waals surface area contributed by atoms with E-state index in [1.807, 2.05) is 6.08 Å². The Bertz CT molecular complexity index is 1030. The highest BCUT2D eigenvalue weighted by atomic mass is 16.3. The zero-order valence-corrected chi connectivity index (χ0v) is 40.5. The van der Waals surface area contributed by atoms with Crippen molar-refractivity contribution in [2.45, 2.75) is 283 Å². The number of unbranched alkanes of at least 4 members (excludes halogenated alkanes) is 31. The number of aliphatic hydroxyl groups is 3. The van der Waals surface area contributed by atoms with Gasteiger partial charge in [-0.3, -0.25) is 4.79 Å². The van der Waals surface area contributed by atoms with Gasteiger partial charge in [0.05, 0.1) is 31.3 Å². The number of allylic oxidation sites excluding steroid dienone is 9. The number of nitrogens with one attached hydrogen (secondary N) is 1. The van der Waals surface area contributed by atoms with Crippen molar-refractivity contribution in [2.24, 2.45) is 0 Å². The minimum Gasteiger partial charge on any atom is -0.394 e. The van der Waals surface area contributed by atoms with Crippen molar-refractivity contribution in [3.63, 3.8) is 0 Å². The lowest BCUT2D eigenvalue weighted by Gasteiger charge is -2.21. The maximum atomic E-state index is 12.5. The summed E-state index contributed by atoms with van der Waals surface area (Å²) in [6, 6.07) is -0.772. The largest absolute Gasteiger partial charge is 0.394 e. The lowest BCUT2D eigenvalue weighted by molar-refractivity contribution is -0.124. The molecule has 4 N–H and O–H groups in total. The van der Waals surface area contributed by atoms with Crippen LogP contribution in [-0.2, 0) is 4.79 Å². The van der Waals surface area contributed by atoms with Crippen LogP contribution in [0.3, 0.4) is 0 Å². The number of hydrogen-bond acceptors (Lipinski definition) is 4. The van der Waals surface area contributed by atoms with Crippen LogP contribution in [0.15, 0.2) is 60.8 Å². The van der Waals surface area contributed by atoms with Crippen LogP contribution >= 0.6 is 0 Å². The molecule has 0 heterocycles. The van der Waals surface area contributed by atoms with Gasteiger partial charge in [0, 0.05) is 0 Å². The number of carbonyl (C=O) groups is 1. The molecule has 0 aliphatic rings. The average molecular weight is 854 g/mol. The fourth-order valence-corrected chi connectivity index (χ4v) is 7.93. The molecule has 61 heavy (non-hydrogen) atoms. The van der Waals surface area contributed by atoms with Crippen LogP contribution in [0.25, 0.3) is 0 Å². The van der Waals surface area contributed by atoms with Gasteiger partial charge in [0.15, 0.2) is 0 Å². The topological polar surface area (TPSA) is 89.8 Å². The molecule has 0 aliphatic carbocycles. The third-order valence-electron chi connectivity index (χ3n) is 12.0. The quantitative estimate of drug-likeness (QED) is 0.0363. The molecule has 3 atom stereocenters. The minimum absolute atomic E-state index is 0.00242. The summed E-state index contributed by atoms with van der Waals surface area (Å²) in [6.45, 7) is 4.21. The third kappa shape index (κ3) is 47.4. The molecule has 0 aliphatic heterocycles. The predicted molar refractivity (Wildman–Crippen MR) is 268 cm³/mol. The van der Waals surface area contributed by atoms with Crippen LogP contribution in [0.2, 0.25) is 0 Å². The van der Waals surface area contributed by atoms with E-state index in [1.54, 1.807) is 6.08 Å². The third-order valence-corrected chi connectivity index (χ3v) is 12.0. The summed E-state index contributed by atoms with van der Waals surface area (Å²) in [5, 5.41) is 33.4. The van der Waals surface area contributed by atoms with Crippen LogP contribution in [0, 0.1) is 0 Å². The Morgan fingerprint density at radius 1 is 0.426 bits per heavy atom. The summed E-state index contributed by atoms with van der Waals surface area (Å²) in [6.07, 6.45) is 68.2. The molecule has 0 aromatic rings. The summed E-state index contributed by atoms with van der Waals surface area (Å²) in [4.78, 5) is 12.5. The maximum Gasteiger partial charge on any atom is 0.222 e. The Labute approximate surface area is 379 Å². The fraction of sp³-hybridized carbons (Fsp3) is 0.804. The first-order valence-electron chi connectivity index (χ1n) is 26.6. The number of carbonyl (C=O) groups excluding carboxylic acids is 1. The highest BCUT2D eigenvalue weighted by molar-refractivity contribution is 5.76. The van der Waals surface area contributed by atoms with Gasteiger partial charge in [-0.05, 0) is 77.0 Å². The van der Waals surface area contributed by atoms with Gasteiger partial charge in [0.1, 0.15) is 0 Å². The molecule has 0 saturated carbocycles. The van der Waals surface area contributed by atoms with Gasteiger partial charge >= 0.3 is 0 Å². The lowest BCUT2D eigenvalue weighted by atomic mass is 10.0. The Balaban J connectivity index is 3.68. The van der Waals surface area contributed by atoms with Crippen molar-refractivity contribution < 1.29 is 20.1 Å². The van der Waals surface area contributed by atoms with Crippen LogP contribution in [0.4, 0.5) is 0 Å². The van der Waals surface area contributed by atoms with E-state index in [4.69, 9.17) is 0 Å². The normalized spacial score (nSPS) is 13.9. The second-order valence-electron chi connectivity index (χ2n) is 18.1. The van der Waals surface area contributed by atoms with Gasteiger partial charge < -0.3 is 20.6 Å². The first-order chi connectivity index (χ1) is 30.0. The molecule has 5 heteroatoms. The van der Waals surface area contributed by atoms with Crippen molar-refractivity contribution in [1.29, 1.82) is 0 Å². The van der Waals surface area contributed by atoms with Crippen molar-refractivity contribution in [1.82, 2.24) is 5.32 Å². The zero-order valence-electron chi connectivity index (χ0n) is 40.5. The van der Waals surface area contributed by atoms with E-state index in [0.29, 0.717) is 6.42 Å². The van der Waals surface area contributed by atoms with Gasteiger partial charge in [-0.2, -0.15) is 0 Å². The summed E-state index contributed by atoms with van der Waals surface area (Å²) in [5.41, 5.74) is 0. The Morgan fingerprint density at radius 2 is 0.754 bits per heavy atom. The van der Waals surface area contributed by atoms with Gasteiger partial charge in [-0.15, -0.1) is 0 Å². The van der Waals surface area contributed by atoms with Crippen molar-refractivity contribution >= 4 is 5.91 Å². The van der Waals surface area contributed by atoms with Gasteiger partial charge in [0.2, 0.25) is 5.91 Å². The number of amides is 1. The minimum atomic E-state index is -0.964. The van der Waals surface area contributed by atoms with Crippen molar-refractivity contribution in [2.75, 3.05) is 6.61 Å². The van der Waals surface area contributed by atoms with E-state index < -0.39 is 18.2 Å². The summed E-state index contributed by atoms with van der Waals surface area (Å²) >= 11 is 0. The van der Waals surface area contributed by atoms with Crippen LogP contribution in [0.1, 0.15) is 264 Å². The van der Waals surface area contributed by atoms with Gasteiger partial charge in [-0.25, -0.2) is 0 Å². The number of rotatable bonds is 48. The molecule has 0 radical (unpaired) electrons. The molecule has 356 valence electrons. The summed E-state index contributed by atoms with van der Waals surface area (Å²) in [5.74, 6) is -0.332. The Hall–Kier alpha value is -1.95. The van der Waals surface area contributed by atoms with Crippen molar-refractivity contribution in [3.05, 3.63) is 60.8 Å². The molecule has 1 amide bonds. The highest BCUT2D eigenvalue weighted by Gasteiger charge is 2.20. The van der Waals surface area contributed by atoms with Crippen molar-refractivity contribution in [3.8, 4) is 0 Å². The van der Waals surface area contributed by atoms with Gasteiger partial charge in [-0.1, -0.05) is 242 Å². The summed E-state index contributed by atoms with van der Waals surface area (Å²) < 4.78 is 0. The molecule has 3 unspecified atom stereocenters. The second-order valence-corrected chi connectivity index (χ2v) is 18.1. The summed E-state index contributed by atoms with van der Waals surface area (Å²) in [7, 11) is 0. The lowest BCUT2D eigenvalue weighted by Crippen LogP contribution is -2.45. The van der Waals surface area contributed by atoms with E-state index in [-0.39, 0.29) is 18.9 Å². The van der Waals surface area contributed by atoms with Crippen LogP contribution < -0.4 is 5.32 Å². The van der Waals surface area contributed by atoms with Gasteiger partial charge in [0.25, 0.3) is 0 Å². The first kappa shape index (κ1) is 59.0. The van der Waals surface area contributed by atoms with E-state index in [2.05, 4.69) is 67.8 Å². The van der Waals surface area contributed by atoms with Crippen LogP contribution in [-0.4, -0.2) is 46.1 Å². The van der Waals surface area contributed by atoms with E-state index in [0.717, 1.165) is 44.9 Å². The van der Waals surface area contributed by atoms with E-state index in [1.165, 1.54) is 193 Å². The smallest absolute Gasteiger partial charge is 0.222 e. The van der Waals surface area contributed by atoms with E-state index in [9.17, 15) is 20.1 Å². The molecule has 0 aromatic carbocycles. The average Bonchev–Trinajstić information content (AvgIpc) is 3.25. The first-order valence-corrected chi connectivity index (χ1v) is 26.6. The standard InChI is InChI=1S/C56H103NO4/c1-3-5-7-9-11-13-15-17-19-21-23-25-26-27-28-30-31-33-35-37-39-41-43-45-47-49-53(59)51-56(61)57-54(52-58)55(60)50-48-46-44-42-40-38-36-34-32-29-24-22-20-18-16-14-12-10-8-6-4-2/h23,25,27-28,32,34,40,42,48,50,53-55,58-60H,3-22,24,26,29-31,33,35-39,41,43-47,49,51-52H2,1-2H3,(H,57,61)/b25-23-,28-27-,34-32+,42-40+,50-48+. The molecule has 0 spiro atoms. The highest BCUT2D eigenvalue weighted by Crippen LogP contribution is 2.15. The second kappa shape index (κ2) is 50.7. The molecule has 0 aromatic heterocycles.